The molecule has 3 N–H and O–H groups in total. The summed E-state index contributed by atoms with van der Waals surface area (Å²) in [5, 5.41) is 3.41. The third-order valence-electron chi connectivity index (χ3n) is 5.80. The van der Waals surface area contributed by atoms with Crippen molar-refractivity contribution in [2.24, 2.45) is 18.4 Å². The van der Waals surface area contributed by atoms with E-state index in [1.807, 2.05) is 23.7 Å². The summed E-state index contributed by atoms with van der Waals surface area (Å²) in [5.74, 6) is 2.23. The molecule has 3 aromatic heterocycles. The van der Waals surface area contributed by atoms with Crippen LogP contribution in [0.25, 0.3) is 11.2 Å². The maximum atomic E-state index is 12.8. The molecule has 1 unspecified atom stereocenters. The standard InChI is InChI=1S/C23H33N7O/c1-23(2,3)15-30-18-7-8-20(27-21(18)28(4)22(30)31)29-11-5-6-16(14-29)13-26-19-12-17(24)9-10-25-19/h7-10,12,16H,5-6,11,13-15H2,1-4H3,(H3,24,25,26). The molecule has 8 nitrogen and oxygen atoms in total. The van der Waals surface area contributed by atoms with Crippen LogP contribution in [-0.2, 0) is 13.6 Å². The Morgan fingerprint density at radius 2 is 2.06 bits per heavy atom. The van der Waals surface area contributed by atoms with Gasteiger partial charge in [0.25, 0.3) is 0 Å². The molecule has 166 valence electrons. The van der Waals surface area contributed by atoms with Crippen molar-refractivity contribution in [3.8, 4) is 0 Å². The number of nitrogens with one attached hydrogen (secondary N) is 1. The maximum absolute atomic E-state index is 12.8. The van der Waals surface area contributed by atoms with E-state index in [-0.39, 0.29) is 11.1 Å². The first kappa shape index (κ1) is 21.2. The zero-order chi connectivity index (χ0) is 22.2. The van der Waals surface area contributed by atoms with E-state index in [2.05, 4.69) is 42.0 Å². The number of anilines is 3. The number of aryl methyl sites for hydroxylation is 1. The van der Waals surface area contributed by atoms with E-state index in [4.69, 9.17) is 10.7 Å². The molecule has 1 atom stereocenters. The fourth-order valence-corrected chi connectivity index (χ4v) is 4.30. The number of hydrogen-bond donors (Lipinski definition) is 2. The SMILES string of the molecule is Cn1c(=O)n(CC(C)(C)C)c2ccc(N3CCCC(CNc4cc(N)ccn4)C3)nc21. The van der Waals surface area contributed by atoms with Crippen LogP contribution >= 0.6 is 0 Å². The van der Waals surface area contributed by atoms with Crippen LogP contribution in [0.5, 0.6) is 0 Å². The molecule has 3 aromatic rings. The van der Waals surface area contributed by atoms with Crippen LogP contribution in [0.3, 0.4) is 0 Å². The van der Waals surface area contributed by atoms with E-state index >= 15 is 0 Å². The van der Waals surface area contributed by atoms with E-state index in [0.717, 1.165) is 55.3 Å². The van der Waals surface area contributed by atoms with E-state index in [1.54, 1.807) is 16.8 Å². The lowest BCUT2D eigenvalue weighted by atomic mass is 9.97. The molecule has 4 rings (SSSR count). The molecule has 0 saturated carbocycles. The number of aromatic nitrogens is 4. The summed E-state index contributed by atoms with van der Waals surface area (Å²) in [4.78, 5) is 24.3. The van der Waals surface area contributed by atoms with Crippen molar-refractivity contribution in [2.75, 3.05) is 35.6 Å². The first-order valence-corrected chi connectivity index (χ1v) is 11.0. The van der Waals surface area contributed by atoms with Crippen molar-refractivity contribution >= 4 is 28.5 Å². The number of piperidine rings is 1. The fraction of sp³-hybridized carbons (Fsp3) is 0.522. The van der Waals surface area contributed by atoms with Crippen LogP contribution in [-0.4, -0.2) is 38.7 Å². The number of hydrogen-bond acceptors (Lipinski definition) is 6. The first-order valence-electron chi connectivity index (χ1n) is 11.0. The predicted octanol–water partition coefficient (Wildman–Crippen LogP) is 3.09. The molecule has 31 heavy (non-hydrogen) atoms. The number of nitrogens with zero attached hydrogens (tertiary/aromatic N) is 5. The first-order chi connectivity index (χ1) is 14.7. The van der Waals surface area contributed by atoms with Gasteiger partial charge in [0.2, 0.25) is 0 Å². The van der Waals surface area contributed by atoms with Crippen molar-refractivity contribution in [3.63, 3.8) is 0 Å². The third kappa shape index (κ3) is 4.68. The highest BCUT2D eigenvalue weighted by Crippen LogP contribution is 2.25. The maximum Gasteiger partial charge on any atom is 0.330 e. The largest absolute Gasteiger partial charge is 0.399 e. The third-order valence-corrected chi connectivity index (χ3v) is 5.80. The van der Waals surface area contributed by atoms with Gasteiger partial charge in [-0.25, -0.2) is 14.8 Å². The number of fused-ring (bicyclic) bond motifs is 1. The molecule has 0 amide bonds. The average Bonchev–Trinajstić information content (AvgIpc) is 2.96. The summed E-state index contributed by atoms with van der Waals surface area (Å²) in [5.41, 5.74) is 8.21. The van der Waals surface area contributed by atoms with E-state index < -0.39 is 0 Å². The Morgan fingerprint density at radius 1 is 1.26 bits per heavy atom. The van der Waals surface area contributed by atoms with Crippen molar-refractivity contribution in [1.29, 1.82) is 0 Å². The summed E-state index contributed by atoms with van der Waals surface area (Å²) in [6.07, 6.45) is 3.99. The fourth-order valence-electron chi connectivity index (χ4n) is 4.30. The van der Waals surface area contributed by atoms with Crippen LogP contribution in [0, 0.1) is 11.3 Å². The minimum absolute atomic E-state index is 0.00932. The van der Waals surface area contributed by atoms with Gasteiger partial charge in [0.15, 0.2) is 5.65 Å². The molecule has 0 aliphatic carbocycles. The molecule has 1 fully saturated rings. The van der Waals surface area contributed by atoms with Crippen LogP contribution in [0.2, 0.25) is 0 Å². The molecule has 4 heterocycles. The van der Waals surface area contributed by atoms with Gasteiger partial charge in [-0.2, -0.15) is 0 Å². The van der Waals surface area contributed by atoms with Gasteiger partial charge in [0.05, 0.1) is 5.52 Å². The van der Waals surface area contributed by atoms with Crippen LogP contribution in [0.1, 0.15) is 33.6 Å². The molecule has 1 saturated heterocycles. The summed E-state index contributed by atoms with van der Waals surface area (Å²) in [7, 11) is 1.81. The van der Waals surface area contributed by atoms with E-state index in [0.29, 0.717) is 18.2 Å². The average molecular weight is 424 g/mol. The molecular formula is C23H33N7O. The molecule has 1 aliphatic heterocycles. The highest BCUT2D eigenvalue weighted by molar-refractivity contribution is 5.74. The smallest absolute Gasteiger partial charge is 0.330 e. The lowest BCUT2D eigenvalue weighted by molar-refractivity contribution is 0.342. The number of nitrogens with two attached hydrogens (primary N) is 1. The van der Waals surface area contributed by atoms with Crippen molar-refractivity contribution < 1.29 is 0 Å². The Bertz CT molecular complexity index is 1130. The Balaban J connectivity index is 1.51. The monoisotopic (exact) mass is 423 g/mol. The van der Waals surface area contributed by atoms with E-state index in [9.17, 15) is 4.79 Å². The second-order valence-corrected chi connectivity index (χ2v) is 9.81. The second-order valence-electron chi connectivity index (χ2n) is 9.81. The minimum atomic E-state index is -0.00932. The molecule has 1 aliphatic rings. The molecule has 0 radical (unpaired) electrons. The van der Waals surface area contributed by atoms with Crippen LogP contribution in [0.4, 0.5) is 17.3 Å². The Kier molecular flexibility index (Phi) is 5.64. The summed E-state index contributed by atoms with van der Waals surface area (Å²) < 4.78 is 3.51. The van der Waals surface area contributed by atoms with Gasteiger partial charge < -0.3 is 16.0 Å². The number of rotatable bonds is 5. The lowest BCUT2D eigenvalue weighted by Gasteiger charge is -2.33. The molecule has 0 spiro atoms. The van der Waals surface area contributed by atoms with Gasteiger partial charge in [0, 0.05) is 51.2 Å². The lowest BCUT2D eigenvalue weighted by Crippen LogP contribution is -2.38. The molecule has 0 aromatic carbocycles. The van der Waals surface area contributed by atoms with Gasteiger partial charge in [-0.15, -0.1) is 0 Å². The Morgan fingerprint density at radius 3 is 2.81 bits per heavy atom. The molecule has 0 bridgehead atoms. The quantitative estimate of drug-likeness (QED) is 0.655. The van der Waals surface area contributed by atoms with Gasteiger partial charge >= 0.3 is 5.69 Å². The summed E-state index contributed by atoms with van der Waals surface area (Å²) in [6.45, 7) is 9.83. The molecular weight excluding hydrogens is 390 g/mol. The minimum Gasteiger partial charge on any atom is -0.399 e. The van der Waals surface area contributed by atoms with Crippen LogP contribution in [0.15, 0.2) is 35.3 Å². The Labute approximate surface area is 183 Å². The van der Waals surface area contributed by atoms with Gasteiger partial charge in [-0.3, -0.25) is 9.13 Å². The van der Waals surface area contributed by atoms with Crippen molar-refractivity contribution in [3.05, 3.63) is 40.9 Å². The zero-order valence-electron chi connectivity index (χ0n) is 18.9. The highest BCUT2D eigenvalue weighted by Gasteiger charge is 2.23. The normalized spacial score (nSPS) is 17.3. The van der Waals surface area contributed by atoms with Gasteiger partial charge in [-0.1, -0.05) is 20.8 Å². The summed E-state index contributed by atoms with van der Waals surface area (Å²) in [6, 6.07) is 7.75. The topological polar surface area (TPSA) is 94.0 Å². The number of pyridine rings is 2. The predicted molar refractivity (Wildman–Crippen MR) is 127 cm³/mol. The number of nitrogen functional groups attached to an aromatic ring is 1. The summed E-state index contributed by atoms with van der Waals surface area (Å²) >= 11 is 0. The van der Waals surface area contributed by atoms with E-state index in [1.165, 1.54) is 0 Å². The van der Waals surface area contributed by atoms with Gasteiger partial charge in [-0.05, 0) is 42.4 Å². The van der Waals surface area contributed by atoms with Crippen LogP contribution < -0.4 is 21.6 Å². The zero-order valence-corrected chi connectivity index (χ0v) is 18.9. The second kappa shape index (κ2) is 8.24. The van der Waals surface area contributed by atoms with Gasteiger partial charge in [0.1, 0.15) is 11.6 Å². The highest BCUT2D eigenvalue weighted by atomic mass is 16.1. The molecule has 8 heteroatoms. The van der Waals surface area contributed by atoms with Crippen molar-refractivity contribution in [2.45, 2.75) is 40.2 Å². The number of imidazole rings is 1. The Hall–Kier alpha value is -3.03. The van der Waals surface area contributed by atoms with Crippen molar-refractivity contribution in [1.82, 2.24) is 19.1 Å².